The molecule has 0 saturated carbocycles. The van der Waals surface area contributed by atoms with Crippen molar-refractivity contribution >= 4 is 22.6 Å². The van der Waals surface area contributed by atoms with Gasteiger partial charge in [0.1, 0.15) is 5.82 Å². The number of nitrogens with zero attached hydrogens (tertiary/aromatic N) is 3. The predicted octanol–water partition coefficient (Wildman–Crippen LogP) is 5.48. The van der Waals surface area contributed by atoms with Gasteiger partial charge in [-0.25, -0.2) is 9.78 Å². The van der Waals surface area contributed by atoms with Crippen LogP contribution in [-0.2, 0) is 6.42 Å². The Morgan fingerprint density at radius 3 is 2.48 bits per heavy atom. The average molecular weight is 441 g/mol. The van der Waals surface area contributed by atoms with Gasteiger partial charge in [-0.2, -0.15) is 0 Å². The maximum Gasteiger partial charge on any atom is 0.322 e. The van der Waals surface area contributed by atoms with E-state index >= 15 is 0 Å². The van der Waals surface area contributed by atoms with Crippen LogP contribution in [0.2, 0.25) is 0 Å². The van der Waals surface area contributed by atoms with Crippen molar-refractivity contribution < 1.29 is 4.79 Å². The van der Waals surface area contributed by atoms with Gasteiger partial charge >= 0.3 is 6.03 Å². The molecule has 0 bridgehead atoms. The lowest BCUT2D eigenvalue weighted by molar-refractivity contribution is 0.205. The Bertz CT molecular complexity index is 1360. The van der Waals surface area contributed by atoms with Crippen LogP contribution in [-0.4, -0.2) is 27.5 Å². The maximum absolute atomic E-state index is 13.5. The van der Waals surface area contributed by atoms with E-state index in [-0.39, 0.29) is 11.6 Å². The minimum Gasteiger partial charge on any atom is -0.318 e. The van der Waals surface area contributed by atoms with Crippen molar-refractivity contribution in [3.05, 3.63) is 100 Å². The number of amides is 2. The molecule has 0 radical (unpaired) electrons. The van der Waals surface area contributed by atoms with Gasteiger partial charge < -0.3 is 10.2 Å². The van der Waals surface area contributed by atoms with Crippen molar-refractivity contribution in [2.45, 2.75) is 33.2 Å². The number of carbonyl (C=O) groups is 1. The Balaban J connectivity index is 1.77. The van der Waals surface area contributed by atoms with Crippen molar-refractivity contribution in [3.63, 3.8) is 0 Å². The summed E-state index contributed by atoms with van der Waals surface area (Å²) < 4.78 is 1.61. The molecule has 2 amide bonds. The third kappa shape index (κ3) is 4.51. The summed E-state index contributed by atoms with van der Waals surface area (Å²) in [4.78, 5) is 32.9. The number of benzene rings is 3. The van der Waals surface area contributed by atoms with Crippen molar-refractivity contribution in [1.29, 1.82) is 0 Å². The number of carbonyl (C=O) groups excluding carboxylic acids is 1. The first-order valence-corrected chi connectivity index (χ1v) is 11.1. The van der Waals surface area contributed by atoms with Crippen LogP contribution in [0, 0.1) is 6.92 Å². The first kappa shape index (κ1) is 22.3. The standard InChI is InChI=1S/C27H28N4O2/c1-5-20-13-15-22(16-14-20)31-25(29-24-12-7-6-11-23(24)26(31)32)19(3)30(4)27(33)28-21-10-8-9-18(2)17-21/h6-17,19H,5H2,1-4H3,(H,28,33). The van der Waals surface area contributed by atoms with Crippen molar-refractivity contribution in [2.75, 3.05) is 12.4 Å². The summed E-state index contributed by atoms with van der Waals surface area (Å²) in [5.74, 6) is 0.504. The van der Waals surface area contributed by atoms with Crippen LogP contribution in [0.3, 0.4) is 0 Å². The Morgan fingerprint density at radius 2 is 1.79 bits per heavy atom. The molecule has 1 atom stereocenters. The molecule has 1 unspecified atom stereocenters. The van der Waals surface area contributed by atoms with Crippen LogP contribution in [0.25, 0.3) is 16.6 Å². The highest BCUT2D eigenvalue weighted by Crippen LogP contribution is 2.23. The second-order valence-corrected chi connectivity index (χ2v) is 8.23. The number of nitrogens with one attached hydrogen (secondary N) is 1. The topological polar surface area (TPSA) is 67.2 Å². The lowest BCUT2D eigenvalue weighted by Gasteiger charge is -2.27. The molecule has 4 aromatic rings. The number of aryl methyl sites for hydroxylation is 2. The molecule has 0 aliphatic rings. The summed E-state index contributed by atoms with van der Waals surface area (Å²) in [7, 11) is 1.71. The lowest BCUT2D eigenvalue weighted by Crippen LogP contribution is -2.37. The van der Waals surface area contributed by atoms with Crippen LogP contribution in [0.5, 0.6) is 0 Å². The molecule has 3 aromatic carbocycles. The SMILES string of the molecule is CCc1ccc(-n2c(C(C)N(C)C(=O)Nc3cccc(C)c3)nc3ccccc3c2=O)cc1. The van der Waals surface area contributed by atoms with Crippen molar-refractivity contribution in [3.8, 4) is 5.69 Å². The van der Waals surface area contributed by atoms with Gasteiger partial charge in [0, 0.05) is 12.7 Å². The molecule has 0 aliphatic heterocycles. The van der Waals surface area contributed by atoms with E-state index in [0.29, 0.717) is 16.7 Å². The molecule has 1 aromatic heterocycles. The molecule has 168 valence electrons. The third-order valence-corrected chi connectivity index (χ3v) is 5.95. The molecule has 4 rings (SSSR count). The van der Waals surface area contributed by atoms with E-state index in [2.05, 4.69) is 12.2 Å². The Kier molecular flexibility index (Phi) is 6.27. The second-order valence-electron chi connectivity index (χ2n) is 8.23. The molecule has 0 aliphatic carbocycles. The van der Waals surface area contributed by atoms with Gasteiger partial charge in [0.05, 0.1) is 22.6 Å². The Labute approximate surface area is 193 Å². The molecule has 0 fully saturated rings. The highest BCUT2D eigenvalue weighted by atomic mass is 16.2. The van der Waals surface area contributed by atoms with E-state index in [1.54, 1.807) is 22.6 Å². The minimum absolute atomic E-state index is 0.154. The van der Waals surface area contributed by atoms with Gasteiger partial charge in [0.15, 0.2) is 0 Å². The predicted molar refractivity (Wildman–Crippen MR) is 133 cm³/mol. The number of hydrogen-bond acceptors (Lipinski definition) is 3. The zero-order valence-corrected chi connectivity index (χ0v) is 19.4. The molecule has 6 heteroatoms. The zero-order valence-electron chi connectivity index (χ0n) is 19.4. The van der Waals surface area contributed by atoms with Crippen LogP contribution < -0.4 is 10.9 Å². The highest BCUT2D eigenvalue weighted by molar-refractivity contribution is 5.89. The molecule has 6 nitrogen and oxygen atoms in total. The fourth-order valence-electron chi connectivity index (χ4n) is 3.84. The molecule has 1 N–H and O–H groups in total. The Morgan fingerprint density at radius 1 is 1.06 bits per heavy atom. The van der Waals surface area contributed by atoms with E-state index in [4.69, 9.17) is 4.98 Å². The number of para-hydroxylation sites is 1. The van der Waals surface area contributed by atoms with Gasteiger partial charge in [0.25, 0.3) is 5.56 Å². The summed E-state index contributed by atoms with van der Waals surface area (Å²) in [6.45, 7) is 5.95. The van der Waals surface area contributed by atoms with Crippen molar-refractivity contribution in [1.82, 2.24) is 14.5 Å². The zero-order chi connectivity index (χ0) is 23.5. The molecule has 1 heterocycles. The normalized spacial score (nSPS) is 11.9. The second kappa shape index (κ2) is 9.28. The number of aromatic nitrogens is 2. The molecule has 0 spiro atoms. The lowest BCUT2D eigenvalue weighted by atomic mass is 10.1. The molecular formula is C27H28N4O2. The molecule has 33 heavy (non-hydrogen) atoms. The first-order valence-electron chi connectivity index (χ1n) is 11.1. The fraction of sp³-hybridized carbons (Fsp3) is 0.222. The van der Waals surface area contributed by atoms with Gasteiger partial charge in [0.2, 0.25) is 0 Å². The Hall–Kier alpha value is -3.93. The van der Waals surface area contributed by atoms with Gasteiger partial charge in [-0.3, -0.25) is 9.36 Å². The van der Waals surface area contributed by atoms with E-state index < -0.39 is 6.04 Å². The largest absolute Gasteiger partial charge is 0.322 e. The molecule has 0 saturated heterocycles. The van der Waals surface area contributed by atoms with Crippen LogP contribution >= 0.6 is 0 Å². The minimum atomic E-state index is -0.460. The average Bonchev–Trinajstić information content (AvgIpc) is 2.83. The number of hydrogen-bond donors (Lipinski definition) is 1. The summed E-state index contributed by atoms with van der Waals surface area (Å²) in [6, 6.07) is 22.1. The number of fused-ring (bicyclic) bond motifs is 1. The summed E-state index contributed by atoms with van der Waals surface area (Å²) in [5.41, 5.74) is 4.15. The van der Waals surface area contributed by atoms with Crippen LogP contribution in [0.1, 0.15) is 36.8 Å². The van der Waals surface area contributed by atoms with Gasteiger partial charge in [-0.1, -0.05) is 43.3 Å². The quantitative estimate of drug-likeness (QED) is 0.447. The van der Waals surface area contributed by atoms with E-state index in [1.807, 2.05) is 80.6 Å². The van der Waals surface area contributed by atoms with Crippen LogP contribution in [0.15, 0.2) is 77.6 Å². The third-order valence-electron chi connectivity index (χ3n) is 5.95. The smallest absolute Gasteiger partial charge is 0.318 e. The monoisotopic (exact) mass is 440 g/mol. The van der Waals surface area contributed by atoms with Gasteiger partial charge in [-0.15, -0.1) is 0 Å². The number of rotatable bonds is 5. The number of anilines is 1. The summed E-state index contributed by atoms with van der Waals surface area (Å²) in [5, 5.41) is 3.47. The van der Waals surface area contributed by atoms with E-state index in [1.165, 1.54) is 5.56 Å². The van der Waals surface area contributed by atoms with Gasteiger partial charge in [-0.05, 0) is 67.8 Å². The van der Waals surface area contributed by atoms with E-state index in [0.717, 1.165) is 23.4 Å². The first-order chi connectivity index (χ1) is 15.9. The molecular weight excluding hydrogens is 412 g/mol. The van der Waals surface area contributed by atoms with E-state index in [9.17, 15) is 9.59 Å². The summed E-state index contributed by atoms with van der Waals surface area (Å²) in [6.07, 6.45) is 0.913. The highest BCUT2D eigenvalue weighted by Gasteiger charge is 2.24. The van der Waals surface area contributed by atoms with Crippen molar-refractivity contribution in [2.24, 2.45) is 0 Å². The summed E-state index contributed by atoms with van der Waals surface area (Å²) >= 11 is 0. The number of urea groups is 1. The van der Waals surface area contributed by atoms with Crippen LogP contribution in [0.4, 0.5) is 10.5 Å². The maximum atomic E-state index is 13.5. The fourth-order valence-corrected chi connectivity index (χ4v) is 3.84.